The Morgan fingerprint density at radius 1 is 0.793 bits per heavy atom. The van der Waals surface area contributed by atoms with Crippen LogP contribution in [0.3, 0.4) is 0 Å². The molecule has 0 radical (unpaired) electrons. The number of nitrogens with one attached hydrogen (secondary N) is 1. The van der Waals surface area contributed by atoms with Crippen molar-refractivity contribution in [2.24, 2.45) is 5.92 Å². The van der Waals surface area contributed by atoms with Crippen LogP contribution in [0.15, 0.2) is 60.8 Å². The van der Waals surface area contributed by atoms with Crippen molar-refractivity contribution in [2.75, 3.05) is 0 Å². The molecule has 5 nitrogen and oxygen atoms in total. The first kappa shape index (κ1) is 20.6. The molecular formula is C24H27NO4. The van der Waals surface area contributed by atoms with Crippen molar-refractivity contribution in [2.45, 2.75) is 45.8 Å². The van der Waals surface area contributed by atoms with E-state index in [-0.39, 0.29) is 12.2 Å². The van der Waals surface area contributed by atoms with Crippen molar-refractivity contribution < 1.29 is 19.1 Å². The van der Waals surface area contributed by atoms with Crippen LogP contribution in [-0.4, -0.2) is 29.1 Å². The lowest BCUT2D eigenvalue weighted by Crippen LogP contribution is -2.36. The van der Waals surface area contributed by atoms with Crippen molar-refractivity contribution in [3.63, 3.8) is 0 Å². The van der Waals surface area contributed by atoms with E-state index in [1.165, 1.54) is 0 Å². The van der Waals surface area contributed by atoms with Gasteiger partial charge in [-0.15, -0.1) is 0 Å². The molecule has 1 N–H and O–H groups in total. The van der Waals surface area contributed by atoms with Crippen LogP contribution < -0.4 is 0 Å². The van der Waals surface area contributed by atoms with Gasteiger partial charge in [-0.25, -0.2) is 0 Å². The number of hydrogen-bond donors (Lipinski definition) is 1. The number of rotatable bonds is 7. The summed E-state index contributed by atoms with van der Waals surface area (Å²) < 4.78 is 11.0. The highest BCUT2D eigenvalue weighted by atomic mass is 16.6. The molecule has 0 aliphatic heterocycles. The lowest BCUT2D eigenvalue weighted by Gasteiger charge is -2.26. The predicted octanol–water partition coefficient (Wildman–Crippen LogP) is 4.82. The maximum Gasteiger partial charge on any atom is 0.321 e. The Morgan fingerprint density at radius 2 is 1.34 bits per heavy atom. The van der Waals surface area contributed by atoms with Gasteiger partial charge >= 0.3 is 11.9 Å². The van der Waals surface area contributed by atoms with Crippen LogP contribution in [0.25, 0.3) is 10.9 Å². The van der Waals surface area contributed by atoms with Gasteiger partial charge in [-0.3, -0.25) is 9.59 Å². The van der Waals surface area contributed by atoms with E-state index in [0.717, 1.165) is 22.0 Å². The molecule has 0 saturated heterocycles. The van der Waals surface area contributed by atoms with Crippen molar-refractivity contribution in [1.29, 1.82) is 0 Å². The summed E-state index contributed by atoms with van der Waals surface area (Å²) in [6, 6.07) is 17.4. The first-order valence-corrected chi connectivity index (χ1v) is 9.90. The number of esters is 2. The first-order chi connectivity index (χ1) is 13.9. The zero-order valence-electron chi connectivity index (χ0n) is 17.2. The van der Waals surface area contributed by atoms with E-state index in [2.05, 4.69) is 4.98 Å². The maximum atomic E-state index is 13.1. The highest BCUT2D eigenvalue weighted by Gasteiger charge is 2.41. The number of H-pyrrole nitrogens is 1. The Hall–Kier alpha value is -3.08. The number of carbonyl (C=O) groups is 2. The van der Waals surface area contributed by atoms with Crippen LogP contribution in [0.5, 0.6) is 0 Å². The fraction of sp³-hybridized carbons (Fsp3) is 0.333. The third kappa shape index (κ3) is 4.67. The Labute approximate surface area is 171 Å². The molecule has 3 rings (SSSR count). The van der Waals surface area contributed by atoms with Gasteiger partial charge in [0, 0.05) is 23.0 Å². The van der Waals surface area contributed by atoms with Crippen LogP contribution in [0.2, 0.25) is 0 Å². The van der Waals surface area contributed by atoms with E-state index in [1.54, 1.807) is 27.7 Å². The third-order valence-corrected chi connectivity index (χ3v) is 4.66. The highest BCUT2D eigenvalue weighted by Crippen LogP contribution is 2.38. The standard InChI is InChI=1S/C24H27NO4/c1-15(2)28-23(26)22(24(27)29-16(3)4)21(17-10-6-5-7-11-17)19-14-25-20-13-9-8-12-18(19)20/h5-16,21-22,25H,1-4H3/t21-/m0/s1. The van der Waals surface area contributed by atoms with Gasteiger partial charge in [0.2, 0.25) is 0 Å². The molecule has 0 amide bonds. The van der Waals surface area contributed by atoms with Crippen LogP contribution in [0.1, 0.15) is 44.7 Å². The molecule has 0 spiro atoms. The molecule has 1 heterocycles. The van der Waals surface area contributed by atoms with Gasteiger partial charge in [-0.1, -0.05) is 48.5 Å². The van der Waals surface area contributed by atoms with Crippen molar-refractivity contribution >= 4 is 22.8 Å². The second-order valence-corrected chi connectivity index (χ2v) is 7.63. The topological polar surface area (TPSA) is 68.4 Å². The Balaban J connectivity index is 2.17. The summed E-state index contributed by atoms with van der Waals surface area (Å²) in [6.45, 7) is 7.08. The molecule has 3 aromatic rings. The van der Waals surface area contributed by atoms with Gasteiger partial charge in [0.05, 0.1) is 12.2 Å². The van der Waals surface area contributed by atoms with Gasteiger partial charge in [-0.2, -0.15) is 0 Å². The molecule has 0 bridgehead atoms. The van der Waals surface area contributed by atoms with Crippen molar-refractivity contribution in [1.82, 2.24) is 4.98 Å². The Bertz CT molecular complexity index is 953. The van der Waals surface area contributed by atoms with Crippen LogP contribution >= 0.6 is 0 Å². The Morgan fingerprint density at radius 3 is 1.93 bits per heavy atom. The number of aromatic nitrogens is 1. The summed E-state index contributed by atoms with van der Waals surface area (Å²) in [7, 11) is 0. The summed E-state index contributed by atoms with van der Waals surface area (Å²) in [5.74, 6) is -2.80. The van der Waals surface area contributed by atoms with Gasteiger partial charge < -0.3 is 14.5 Å². The molecule has 0 saturated carbocycles. The zero-order chi connectivity index (χ0) is 21.0. The highest BCUT2D eigenvalue weighted by molar-refractivity contribution is 5.98. The molecule has 5 heteroatoms. The van der Waals surface area contributed by atoms with Crippen molar-refractivity contribution in [3.8, 4) is 0 Å². The number of fused-ring (bicyclic) bond motifs is 1. The zero-order valence-corrected chi connectivity index (χ0v) is 17.2. The van der Waals surface area contributed by atoms with Gasteiger partial charge in [-0.05, 0) is 44.9 Å². The summed E-state index contributed by atoms with van der Waals surface area (Å²) in [4.78, 5) is 29.4. The summed E-state index contributed by atoms with van der Waals surface area (Å²) in [5.41, 5.74) is 2.65. The van der Waals surface area contributed by atoms with E-state index in [9.17, 15) is 9.59 Å². The van der Waals surface area contributed by atoms with Gasteiger partial charge in [0.15, 0.2) is 5.92 Å². The molecule has 1 atom stereocenters. The minimum atomic E-state index is -1.11. The Kier molecular flexibility index (Phi) is 6.37. The lowest BCUT2D eigenvalue weighted by molar-refractivity contribution is -0.167. The maximum absolute atomic E-state index is 13.1. The van der Waals surface area contributed by atoms with Crippen LogP contribution in [0, 0.1) is 5.92 Å². The fourth-order valence-corrected chi connectivity index (χ4v) is 3.54. The molecule has 152 valence electrons. The monoisotopic (exact) mass is 393 g/mol. The van der Waals surface area contributed by atoms with Crippen LogP contribution in [0.4, 0.5) is 0 Å². The average Bonchev–Trinajstić information content (AvgIpc) is 3.09. The number of hydrogen-bond acceptors (Lipinski definition) is 4. The third-order valence-electron chi connectivity index (χ3n) is 4.66. The summed E-state index contributed by atoms with van der Waals surface area (Å²) in [6.07, 6.45) is 1.19. The minimum Gasteiger partial charge on any atom is -0.462 e. The molecule has 2 aromatic carbocycles. The molecule has 1 aromatic heterocycles. The molecular weight excluding hydrogens is 366 g/mol. The molecule has 0 aliphatic rings. The number of para-hydroxylation sites is 1. The first-order valence-electron chi connectivity index (χ1n) is 9.90. The fourth-order valence-electron chi connectivity index (χ4n) is 3.54. The predicted molar refractivity (Wildman–Crippen MR) is 113 cm³/mol. The van der Waals surface area contributed by atoms with E-state index in [4.69, 9.17) is 9.47 Å². The SMILES string of the molecule is CC(C)OC(=O)C(C(=O)OC(C)C)[C@@H](c1ccccc1)c1c[nH]c2ccccc12. The lowest BCUT2D eigenvalue weighted by atomic mass is 9.80. The van der Waals surface area contributed by atoms with E-state index < -0.39 is 23.8 Å². The molecule has 29 heavy (non-hydrogen) atoms. The molecule has 0 unspecified atom stereocenters. The number of aromatic amines is 1. The van der Waals surface area contributed by atoms with E-state index in [1.807, 2.05) is 60.8 Å². The largest absolute Gasteiger partial charge is 0.462 e. The van der Waals surface area contributed by atoms with Crippen LogP contribution in [-0.2, 0) is 19.1 Å². The van der Waals surface area contributed by atoms with Gasteiger partial charge in [0.25, 0.3) is 0 Å². The summed E-state index contributed by atoms with van der Waals surface area (Å²) >= 11 is 0. The van der Waals surface area contributed by atoms with Crippen molar-refractivity contribution in [3.05, 3.63) is 71.9 Å². The molecule has 0 fully saturated rings. The molecule has 0 aliphatic carbocycles. The summed E-state index contributed by atoms with van der Waals surface area (Å²) in [5, 5.41) is 0.959. The average molecular weight is 393 g/mol. The number of benzene rings is 2. The van der Waals surface area contributed by atoms with E-state index >= 15 is 0 Å². The quantitative estimate of drug-likeness (QED) is 0.462. The normalized spacial score (nSPS) is 12.5. The van der Waals surface area contributed by atoms with Gasteiger partial charge in [0.1, 0.15) is 0 Å². The second-order valence-electron chi connectivity index (χ2n) is 7.63. The minimum absolute atomic E-state index is 0.337. The smallest absolute Gasteiger partial charge is 0.321 e. The van der Waals surface area contributed by atoms with E-state index in [0.29, 0.717) is 0 Å². The number of carbonyl (C=O) groups excluding carboxylic acids is 2. The second kappa shape index (κ2) is 8.95. The number of ether oxygens (including phenoxy) is 2.